The second-order valence-electron chi connectivity index (χ2n) is 8.16. The molecule has 38 heavy (non-hydrogen) atoms. The highest BCUT2D eigenvalue weighted by Gasteiger charge is 2.59. The fraction of sp³-hybridized carbons (Fsp3) is 0.333. The van der Waals surface area contributed by atoms with Crippen LogP contribution in [0.5, 0.6) is 11.5 Å². The van der Waals surface area contributed by atoms with Crippen LogP contribution in [0.3, 0.4) is 0 Å². The highest BCUT2D eigenvalue weighted by atomic mass is 19.4. The number of nitrogens with zero attached hydrogens (tertiary/aromatic N) is 1. The number of carbonyl (C=O) groups is 1. The molecule has 5 nitrogen and oxygen atoms in total. The van der Waals surface area contributed by atoms with Crippen molar-refractivity contribution in [3.05, 3.63) is 65.2 Å². The first-order valence-electron chi connectivity index (χ1n) is 10.7. The van der Waals surface area contributed by atoms with Crippen LogP contribution in [-0.2, 0) is 10.3 Å². The topological polar surface area (TPSA) is 71.3 Å². The largest absolute Gasteiger partial charge is 0.573 e. The summed E-state index contributed by atoms with van der Waals surface area (Å²) in [6, 6.07) is 9.31. The zero-order valence-electron chi connectivity index (χ0n) is 19.0. The van der Waals surface area contributed by atoms with Crippen LogP contribution in [0.1, 0.15) is 30.4 Å². The maximum Gasteiger partial charge on any atom is 0.573 e. The van der Waals surface area contributed by atoms with Gasteiger partial charge in [0.1, 0.15) is 23.1 Å². The van der Waals surface area contributed by atoms with Crippen molar-refractivity contribution >= 4 is 11.5 Å². The number of nitriles is 1. The summed E-state index contributed by atoms with van der Waals surface area (Å²) in [5.74, 6) is -2.02. The number of halogens is 9. The molecule has 0 fully saturated rings. The lowest BCUT2D eigenvalue weighted by atomic mass is 9.76. The first-order valence-corrected chi connectivity index (χ1v) is 10.7. The Morgan fingerprint density at radius 1 is 0.895 bits per heavy atom. The molecule has 0 saturated heterocycles. The number of carbonyl (C=O) groups excluding carboxylic acids is 1. The molecule has 204 valence electrons. The van der Waals surface area contributed by atoms with Gasteiger partial charge in [0.15, 0.2) is 5.54 Å². The zero-order valence-corrected chi connectivity index (χ0v) is 19.0. The van der Waals surface area contributed by atoms with Gasteiger partial charge in [-0.3, -0.25) is 4.79 Å². The lowest BCUT2D eigenvalue weighted by Gasteiger charge is -2.40. The molecule has 1 heterocycles. The number of nitrogens with one attached hydrogen (secondary N) is 1. The third-order valence-corrected chi connectivity index (χ3v) is 5.55. The van der Waals surface area contributed by atoms with E-state index in [1.165, 1.54) is 6.07 Å². The molecule has 0 bridgehead atoms. The second kappa shape index (κ2) is 10.5. The number of benzene rings is 2. The van der Waals surface area contributed by atoms with Gasteiger partial charge < -0.3 is 14.8 Å². The van der Waals surface area contributed by atoms with Crippen LogP contribution in [0.2, 0.25) is 0 Å². The number of hydrogen-bond donors (Lipinski definition) is 1. The molecular formula is C24H17F9N2O3. The minimum absolute atomic E-state index is 0.0101. The summed E-state index contributed by atoms with van der Waals surface area (Å²) in [7, 11) is 0. The van der Waals surface area contributed by atoms with E-state index < -0.39 is 59.9 Å². The van der Waals surface area contributed by atoms with Crippen LogP contribution >= 0.6 is 0 Å². The Hall–Kier alpha value is -3.89. The molecule has 14 heteroatoms. The lowest BCUT2D eigenvalue weighted by Crippen LogP contribution is -2.58. The summed E-state index contributed by atoms with van der Waals surface area (Å²) in [6.07, 6.45) is -17.0. The van der Waals surface area contributed by atoms with E-state index in [1.54, 1.807) is 0 Å². The summed E-state index contributed by atoms with van der Waals surface area (Å²) in [5.41, 5.74) is -4.62. The third-order valence-electron chi connectivity index (χ3n) is 5.55. The van der Waals surface area contributed by atoms with Crippen LogP contribution in [0.15, 0.2) is 54.1 Å². The van der Waals surface area contributed by atoms with Crippen LogP contribution in [-0.4, -0.2) is 31.2 Å². The fourth-order valence-corrected chi connectivity index (χ4v) is 3.82. The Morgan fingerprint density at radius 3 is 1.97 bits per heavy atom. The van der Waals surface area contributed by atoms with Gasteiger partial charge in [0, 0.05) is 12.8 Å². The Morgan fingerprint density at radius 2 is 1.47 bits per heavy atom. The van der Waals surface area contributed by atoms with E-state index in [2.05, 4.69) is 4.74 Å². The van der Waals surface area contributed by atoms with E-state index >= 15 is 0 Å². The smallest absolute Gasteiger partial charge is 0.494 e. The number of amides is 1. The third kappa shape index (κ3) is 6.70. The molecule has 1 atom stereocenters. The van der Waals surface area contributed by atoms with Crippen molar-refractivity contribution in [2.24, 2.45) is 0 Å². The molecule has 0 spiro atoms. The van der Waals surface area contributed by atoms with Gasteiger partial charge >= 0.3 is 18.7 Å². The number of ether oxygens (including phenoxy) is 2. The summed E-state index contributed by atoms with van der Waals surface area (Å²) in [6.45, 7) is -0.341. The molecule has 0 aromatic heterocycles. The highest BCUT2D eigenvalue weighted by Crippen LogP contribution is 2.48. The van der Waals surface area contributed by atoms with Crippen molar-refractivity contribution in [2.75, 3.05) is 6.61 Å². The van der Waals surface area contributed by atoms with E-state index in [0.717, 1.165) is 48.5 Å². The minimum Gasteiger partial charge on any atom is -0.494 e. The second-order valence-corrected chi connectivity index (χ2v) is 8.16. The number of rotatable bonds is 7. The normalized spacial score (nSPS) is 18.6. The van der Waals surface area contributed by atoms with Crippen molar-refractivity contribution < 1.29 is 53.8 Å². The van der Waals surface area contributed by atoms with E-state index in [4.69, 9.17) is 4.74 Å². The van der Waals surface area contributed by atoms with Crippen molar-refractivity contribution in [1.29, 1.82) is 5.26 Å². The van der Waals surface area contributed by atoms with Gasteiger partial charge in [-0.1, -0.05) is 24.3 Å². The molecular weight excluding hydrogens is 535 g/mol. The summed E-state index contributed by atoms with van der Waals surface area (Å²) >= 11 is 0. The molecule has 1 amide bonds. The molecule has 0 aliphatic carbocycles. The standard InChI is InChI=1S/C24H17F9N2O3/c25-22(26,27)10-1-11-37-16-8-4-15(5-9-16)21(23(28,29)30)12-18(19(13-34)20(36)35-21)14-2-6-17(7-3-14)38-24(31,32)33/h2-9H,1,10-12H2,(H,35,36). The molecule has 2 aromatic rings. The molecule has 1 aliphatic rings. The molecule has 3 rings (SSSR count). The predicted octanol–water partition coefficient (Wildman–Crippen LogP) is 6.56. The predicted molar refractivity (Wildman–Crippen MR) is 113 cm³/mol. The van der Waals surface area contributed by atoms with Gasteiger partial charge in [-0.2, -0.15) is 31.6 Å². The molecule has 0 saturated carbocycles. The lowest BCUT2D eigenvalue weighted by molar-refractivity contribution is -0.274. The van der Waals surface area contributed by atoms with Gasteiger partial charge in [0.2, 0.25) is 0 Å². The Labute approximate surface area is 209 Å². The van der Waals surface area contributed by atoms with Gasteiger partial charge in [-0.15, -0.1) is 13.2 Å². The highest BCUT2D eigenvalue weighted by molar-refractivity contribution is 6.07. The van der Waals surface area contributed by atoms with Crippen LogP contribution < -0.4 is 14.8 Å². The van der Waals surface area contributed by atoms with Crippen LogP contribution in [0.25, 0.3) is 5.57 Å². The van der Waals surface area contributed by atoms with Crippen molar-refractivity contribution in [1.82, 2.24) is 5.32 Å². The zero-order chi connectivity index (χ0) is 28.4. The molecule has 1 aliphatic heterocycles. The van der Waals surface area contributed by atoms with E-state index in [9.17, 15) is 49.6 Å². The van der Waals surface area contributed by atoms with E-state index in [1.807, 2.05) is 5.32 Å². The number of alkyl halides is 9. The summed E-state index contributed by atoms with van der Waals surface area (Å²) < 4.78 is 126. The molecule has 1 N–H and O–H groups in total. The Kier molecular flexibility index (Phi) is 7.90. The van der Waals surface area contributed by atoms with Gasteiger partial charge in [0.05, 0.1) is 6.61 Å². The minimum atomic E-state index is -5.11. The van der Waals surface area contributed by atoms with Crippen molar-refractivity contribution in [3.8, 4) is 17.6 Å². The SMILES string of the molecule is N#CC1=C(c2ccc(OC(F)(F)F)cc2)CC(c2ccc(OCCCC(F)(F)F)cc2)(C(F)(F)F)NC1=O. The number of hydrogen-bond acceptors (Lipinski definition) is 4. The van der Waals surface area contributed by atoms with E-state index in [0.29, 0.717) is 0 Å². The average Bonchev–Trinajstić information content (AvgIpc) is 2.80. The van der Waals surface area contributed by atoms with Gasteiger partial charge in [-0.25, -0.2) is 0 Å². The maximum atomic E-state index is 14.5. The Bertz CT molecular complexity index is 1230. The van der Waals surface area contributed by atoms with Crippen molar-refractivity contribution in [2.45, 2.75) is 43.5 Å². The maximum absolute atomic E-state index is 14.5. The van der Waals surface area contributed by atoms with Gasteiger partial charge in [-0.05, 0) is 47.4 Å². The van der Waals surface area contributed by atoms with Crippen LogP contribution in [0.4, 0.5) is 39.5 Å². The first-order chi connectivity index (χ1) is 17.5. The molecule has 1 unspecified atom stereocenters. The first kappa shape index (κ1) is 28.7. The molecule has 2 aromatic carbocycles. The quantitative estimate of drug-likeness (QED) is 0.312. The summed E-state index contributed by atoms with van der Waals surface area (Å²) in [4.78, 5) is 12.6. The van der Waals surface area contributed by atoms with E-state index in [-0.39, 0.29) is 29.9 Å². The average molecular weight is 552 g/mol. The monoisotopic (exact) mass is 552 g/mol. The summed E-state index contributed by atoms with van der Waals surface area (Å²) in [5, 5.41) is 11.3. The van der Waals surface area contributed by atoms with Crippen molar-refractivity contribution in [3.63, 3.8) is 0 Å². The Balaban J connectivity index is 1.93. The van der Waals surface area contributed by atoms with Crippen LogP contribution in [0, 0.1) is 11.3 Å². The molecule has 0 radical (unpaired) electrons. The van der Waals surface area contributed by atoms with Gasteiger partial charge in [0.25, 0.3) is 5.91 Å². The fourth-order valence-electron chi connectivity index (χ4n) is 3.82.